The summed E-state index contributed by atoms with van der Waals surface area (Å²) in [5.74, 6) is -1.49. The standard InChI is InChI=1S/C23H23ClF2N6O2/c1-23(2)8-14(15-10-27-17-7-16(24)30-32(17)19(15)23)21(33)29-11-6-13(20(25)26)18(28-9-11)22(34)31(3)12-4-5-12/h6-7,9-10,12,14,20H,4-5,8H2,1-3H3,(H,29,33). The fourth-order valence-electron chi connectivity index (χ4n) is 4.72. The summed E-state index contributed by atoms with van der Waals surface area (Å²) in [4.78, 5) is 35.7. The molecule has 2 amide bonds. The van der Waals surface area contributed by atoms with E-state index in [1.54, 1.807) is 23.8 Å². The first-order valence-electron chi connectivity index (χ1n) is 11.0. The Morgan fingerprint density at radius 2 is 1.97 bits per heavy atom. The van der Waals surface area contributed by atoms with Crippen molar-refractivity contribution in [2.75, 3.05) is 12.4 Å². The lowest BCUT2D eigenvalue weighted by atomic mass is 9.88. The summed E-state index contributed by atoms with van der Waals surface area (Å²) < 4.78 is 29.2. The van der Waals surface area contributed by atoms with Crippen molar-refractivity contribution in [2.24, 2.45) is 0 Å². The number of hydrogen-bond acceptors (Lipinski definition) is 5. The maximum Gasteiger partial charge on any atom is 0.272 e. The summed E-state index contributed by atoms with van der Waals surface area (Å²) in [5, 5.41) is 7.31. The molecule has 2 aliphatic carbocycles. The van der Waals surface area contributed by atoms with Gasteiger partial charge in [0.1, 0.15) is 5.69 Å². The Morgan fingerprint density at radius 1 is 1.24 bits per heavy atom. The van der Waals surface area contributed by atoms with Crippen LogP contribution in [0, 0.1) is 0 Å². The molecule has 8 nitrogen and oxygen atoms in total. The summed E-state index contributed by atoms with van der Waals surface area (Å²) in [6.45, 7) is 4.00. The van der Waals surface area contributed by atoms with E-state index in [0.29, 0.717) is 22.8 Å². The van der Waals surface area contributed by atoms with E-state index in [1.807, 2.05) is 13.8 Å². The number of anilines is 1. The minimum atomic E-state index is -2.91. The molecule has 11 heteroatoms. The average molecular weight is 489 g/mol. The summed E-state index contributed by atoms with van der Waals surface area (Å²) in [7, 11) is 1.59. The van der Waals surface area contributed by atoms with Gasteiger partial charge in [-0.1, -0.05) is 25.4 Å². The van der Waals surface area contributed by atoms with Gasteiger partial charge in [-0.2, -0.15) is 5.10 Å². The summed E-state index contributed by atoms with van der Waals surface area (Å²) in [6.07, 6.45) is 2.15. The van der Waals surface area contributed by atoms with Crippen LogP contribution >= 0.6 is 11.6 Å². The van der Waals surface area contributed by atoms with Gasteiger partial charge in [0, 0.05) is 36.3 Å². The fourth-order valence-corrected chi connectivity index (χ4v) is 4.89. The fraction of sp³-hybridized carbons (Fsp3) is 0.435. The molecule has 3 aromatic rings. The zero-order valence-corrected chi connectivity index (χ0v) is 19.6. The lowest BCUT2D eigenvalue weighted by Gasteiger charge is -2.20. The minimum absolute atomic E-state index is 0.0646. The molecule has 1 N–H and O–H groups in total. The Hall–Kier alpha value is -3.14. The molecule has 0 bridgehead atoms. The number of rotatable bonds is 5. The van der Waals surface area contributed by atoms with Crippen LogP contribution in [-0.2, 0) is 10.2 Å². The first kappa shape index (κ1) is 22.6. The lowest BCUT2D eigenvalue weighted by molar-refractivity contribution is -0.117. The molecule has 0 aromatic carbocycles. The molecule has 2 aliphatic rings. The lowest BCUT2D eigenvalue weighted by Crippen LogP contribution is -2.30. The molecule has 1 unspecified atom stereocenters. The van der Waals surface area contributed by atoms with Crippen molar-refractivity contribution in [3.8, 4) is 0 Å². The van der Waals surface area contributed by atoms with E-state index >= 15 is 0 Å². The van der Waals surface area contributed by atoms with Gasteiger partial charge in [0.05, 0.1) is 29.1 Å². The van der Waals surface area contributed by atoms with Crippen LogP contribution in [0.1, 0.15) is 72.8 Å². The number of carbonyl (C=O) groups is 2. The van der Waals surface area contributed by atoms with Gasteiger partial charge >= 0.3 is 0 Å². The highest BCUT2D eigenvalue weighted by atomic mass is 35.5. The molecule has 0 saturated heterocycles. The first-order valence-corrected chi connectivity index (χ1v) is 11.4. The summed E-state index contributed by atoms with van der Waals surface area (Å²) >= 11 is 6.05. The third-order valence-electron chi connectivity index (χ3n) is 6.57. The number of pyridine rings is 1. The van der Waals surface area contributed by atoms with Crippen LogP contribution in [-0.4, -0.2) is 49.4 Å². The van der Waals surface area contributed by atoms with Crippen molar-refractivity contribution in [3.05, 3.63) is 52.2 Å². The Balaban J connectivity index is 1.43. The average Bonchev–Trinajstić information content (AvgIpc) is 3.50. The Labute approximate surface area is 199 Å². The van der Waals surface area contributed by atoms with Crippen LogP contribution < -0.4 is 5.32 Å². The number of fused-ring (bicyclic) bond motifs is 3. The predicted molar refractivity (Wildman–Crippen MR) is 121 cm³/mol. The number of nitrogens with one attached hydrogen (secondary N) is 1. The van der Waals surface area contributed by atoms with Gasteiger partial charge in [0.25, 0.3) is 12.3 Å². The maximum absolute atomic E-state index is 13.8. The number of aromatic nitrogens is 4. The van der Waals surface area contributed by atoms with Gasteiger partial charge in [-0.15, -0.1) is 0 Å². The van der Waals surface area contributed by atoms with Crippen LogP contribution in [0.4, 0.5) is 14.5 Å². The number of alkyl halides is 2. The molecular weight excluding hydrogens is 466 g/mol. The van der Waals surface area contributed by atoms with Gasteiger partial charge in [0.15, 0.2) is 10.8 Å². The molecule has 1 fully saturated rings. The van der Waals surface area contributed by atoms with Gasteiger partial charge in [-0.05, 0) is 25.3 Å². The second kappa shape index (κ2) is 7.97. The van der Waals surface area contributed by atoms with Gasteiger partial charge in [-0.3, -0.25) is 9.59 Å². The molecule has 0 aliphatic heterocycles. The molecule has 0 spiro atoms. The molecule has 1 saturated carbocycles. The van der Waals surface area contributed by atoms with Gasteiger partial charge < -0.3 is 10.2 Å². The van der Waals surface area contributed by atoms with Crippen molar-refractivity contribution in [2.45, 2.75) is 56.9 Å². The molecule has 1 atom stereocenters. The van der Waals surface area contributed by atoms with E-state index in [1.165, 1.54) is 11.1 Å². The Bertz CT molecular complexity index is 1320. The third-order valence-corrected chi connectivity index (χ3v) is 6.75. The summed E-state index contributed by atoms with van der Waals surface area (Å²) in [5.41, 5.74) is 1.03. The number of halogens is 3. The molecule has 3 heterocycles. The first-order chi connectivity index (χ1) is 16.1. The monoisotopic (exact) mass is 488 g/mol. The van der Waals surface area contributed by atoms with E-state index in [0.717, 1.165) is 24.6 Å². The van der Waals surface area contributed by atoms with E-state index in [-0.39, 0.29) is 23.3 Å². The van der Waals surface area contributed by atoms with E-state index in [4.69, 9.17) is 11.6 Å². The second-order valence-corrected chi connectivity index (χ2v) is 9.93. The summed E-state index contributed by atoms with van der Waals surface area (Å²) in [6, 6.07) is 2.83. The SMILES string of the molecule is CN(C(=O)c1ncc(NC(=O)C2CC(C)(C)c3c2cnc2cc(Cl)nn32)cc1C(F)F)C1CC1. The molecular formula is C23H23ClF2N6O2. The van der Waals surface area contributed by atoms with E-state index < -0.39 is 29.2 Å². The highest BCUT2D eigenvalue weighted by Gasteiger charge is 2.43. The highest BCUT2D eigenvalue weighted by molar-refractivity contribution is 6.29. The van der Waals surface area contributed by atoms with Crippen LogP contribution in [0.5, 0.6) is 0 Å². The highest BCUT2D eigenvalue weighted by Crippen LogP contribution is 2.46. The maximum atomic E-state index is 13.8. The van der Waals surface area contributed by atoms with Crippen LogP contribution in [0.2, 0.25) is 5.15 Å². The Kier molecular flexibility index (Phi) is 5.31. The van der Waals surface area contributed by atoms with Gasteiger partial charge in [0.2, 0.25) is 5.91 Å². The predicted octanol–water partition coefficient (Wildman–Crippen LogP) is 4.35. The van der Waals surface area contributed by atoms with E-state index in [9.17, 15) is 18.4 Å². The largest absolute Gasteiger partial charge is 0.337 e. The smallest absolute Gasteiger partial charge is 0.272 e. The molecule has 5 rings (SSSR count). The van der Waals surface area contributed by atoms with Crippen LogP contribution in [0.3, 0.4) is 0 Å². The van der Waals surface area contributed by atoms with Crippen molar-refractivity contribution in [3.63, 3.8) is 0 Å². The number of hydrogen-bond donors (Lipinski definition) is 1. The normalized spacial score (nSPS) is 18.9. The zero-order valence-electron chi connectivity index (χ0n) is 18.8. The van der Waals surface area contributed by atoms with Crippen molar-refractivity contribution in [1.82, 2.24) is 24.5 Å². The minimum Gasteiger partial charge on any atom is -0.337 e. The van der Waals surface area contributed by atoms with E-state index in [2.05, 4.69) is 20.4 Å². The number of amides is 2. The van der Waals surface area contributed by atoms with Crippen molar-refractivity contribution >= 4 is 34.7 Å². The third kappa shape index (κ3) is 3.79. The quantitative estimate of drug-likeness (QED) is 0.576. The molecule has 34 heavy (non-hydrogen) atoms. The van der Waals surface area contributed by atoms with Crippen molar-refractivity contribution < 1.29 is 18.4 Å². The van der Waals surface area contributed by atoms with Crippen molar-refractivity contribution in [1.29, 1.82) is 0 Å². The number of nitrogens with zero attached hydrogens (tertiary/aromatic N) is 5. The van der Waals surface area contributed by atoms with Crippen LogP contribution in [0.15, 0.2) is 24.5 Å². The van der Waals surface area contributed by atoms with Gasteiger partial charge in [-0.25, -0.2) is 23.3 Å². The Morgan fingerprint density at radius 3 is 2.65 bits per heavy atom. The second-order valence-electron chi connectivity index (χ2n) is 9.54. The van der Waals surface area contributed by atoms with Crippen LogP contribution in [0.25, 0.3) is 5.65 Å². The zero-order chi connectivity index (χ0) is 24.4. The topological polar surface area (TPSA) is 92.5 Å². The molecule has 0 radical (unpaired) electrons. The molecule has 3 aromatic heterocycles. The number of carbonyl (C=O) groups excluding carboxylic acids is 2. The molecule has 178 valence electrons.